The van der Waals surface area contributed by atoms with Crippen molar-refractivity contribution >= 4 is 17.6 Å². The predicted octanol–water partition coefficient (Wildman–Crippen LogP) is 4.48. The monoisotopic (exact) mass is 399 g/mol. The molecule has 144 valence electrons. The number of esters is 1. The molecular weight excluding hydrogens is 382 g/mol. The van der Waals surface area contributed by atoms with Crippen LogP contribution in [0.2, 0.25) is 5.02 Å². The lowest BCUT2D eigenvalue weighted by molar-refractivity contribution is 0.0594. The zero-order valence-corrected chi connectivity index (χ0v) is 16.1. The van der Waals surface area contributed by atoms with Crippen LogP contribution in [-0.4, -0.2) is 30.3 Å². The SMILES string of the molecule is COC(=O)c1ccc(O)c(-c2ccc(Cl)c(OCc3ccc(OC)cc3)c2)n1. The van der Waals surface area contributed by atoms with Crippen LogP contribution >= 0.6 is 11.6 Å². The molecule has 0 aliphatic carbocycles. The quantitative estimate of drug-likeness (QED) is 0.615. The van der Waals surface area contributed by atoms with Gasteiger partial charge in [-0.25, -0.2) is 9.78 Å². The number of methoxy groups -OCH3 is 2. The summed E-state index contributed by atoms with van der Waals surface area (Å²) in [6.45, 7) is 0.300. The van der Waals surface area contributed by atoms with Crippen molar-refractivity contribution in [3.63, 3.8) is 0 Å². The zero-order chi connectivity index (χ0) is 20.1. The van der Waals surface area contributed by atoms with Crippen molar-refractivity contribution in [2.45, 2.75) is 6.61 Å². The highest BCUT2D eigenvalue weighted by atomic mass is 35.5. The third-order valence-electron chi connectivity index (χ3n) is 4.03. The Morgan fingerprint density at radius 3 is 2.50 bits per heavy atom. The van der Waals surface area contributed by atoms with Crippen LogP contribution in [0.25, 0.3) is 11.3 Å². The van der Waals surface area contributed by atoms with Crippen molar-refractivity contribution in [2.24, 2.45) is 0 Å². The van der Waals surface area contributed by atoms with Gasteiger partial charge in [0.15, 0.2) is 0 Å². The van der Waals surface area contributed by atoms with E-state index in [9.17, 15) is 9.90 Å². The van der Waals surface area contributed by atoms with Crippen molar-refractivity contribution in [3.05, 3.63) is 70.9 Å². The summed E-state index contributed by atoms with van der Waals surface area (Å²) in [5, 5.41) is 10.6. The van der Waals surface area contributed by atoms with Gasteiger partial charge in [0.2, 0.25) is 0 Å². The Balaban J connectivity index is 1.86. The van der Waals surface area contributed by atoms with Crippen LogP contribution in [0.3, 0.4) is 0 Å². The maximum absolute atomic E-state index is 11.7. The summed E-state index contributed by atoms with van der Waals surface area (Å²) < 4.78 is 15.6. The largest absolute Gasteiger partial charge is 0.506 e. The van der Waals surface area contributed by atoms with Gasteiger partial charge in [-0.2, -0.15) is 0 Å². The normalized spacial score (nSPS) is 10.4. The van der Waals surface area contributed by atoms with Gasteiger partial charge in [0, 0.05) is 5.56 Å². The van der Waals surface area contributed by atoms with Crippen LogP contribution in [0, 0.1) is 0 Å². The van der Waals surface area contributed by atoms with Gasteiger partial charge in [0.25, 0.3) is 0 Å². The number of rotatable bonds is 6. The van der Waals surface area contributed by atoms with E-state index in [1.54, 1.807) is 25.3 Å². The number of benzene rings is 2. The molecule has 0 saturated heterocycles. The van der Waals surface area contributed by atoms with E-state index in [-0.39, 0.29) is 17.1 Å². The van der Waals surface area contributed by atoms with Crippen molar-refractivity contribution in [1.82, 2.24) is 4.98 Å². The Hall–Kier alpha value is -3.25. The molecule has 28 heavy (non-hydrogen) atoms. The van der Waals surface area contributed by atoms with E-state index < -0.39 is 5.97 Å². The molecule has 0 bridgehead atoms. The number of halogens is 1. The molecule has 0 saturated carbocycles. The summed E-state index contributed by atoms with van der Waals surface area (Å²) in [6.07, 6.45) is 0. The zero-order valence-electron chi connectivity index (χ0n) is 15.3. The number of carbonyl (C=O) groups excluding carboxylic acids is 1. The van der Waals surface area contributed by atoms with E-state index in [2.05, 4.69) is 9.72 Å². The summed E-state index contributed by atoms with van der Waals surface area (Å²) in [4.78, 5) is 15.9. The van der Waals surface area contributed by atoms with Gasteiger partial charge in [0.05, 0.1) is 19.2 Å². The molecule has 0 amide bonds. The summed E-state index contributed by atoms with van der Waals surface area (Å²) in [5.41, 5.74) is 1.81. The van der Waals surface area contributed by atoms with E-state index in [0.717, 1.165) is 11.3 Å². The molecule has 0 aliphatic rings. The van der Waals surface area contributed by atoms with Crippen LogP contribution in [0.4, 0.5) is 0 Å². The number of hydrogen-bond acceptors (Lipinski definition) is 6. The van der Waals surface area contributed by atoms with Gasteiger partial charge >= 0.3 is 5.97 Å². The standard InChI is InChI=1S/C21H18ClNO5/c1-26-15-6-3-13(4-7-15)12-28-19-11-14(5-8-16(19)22)20-18(24)10-9-17(23-20)21(25)27-2/h3-11,24H,12H2,1-2H3. The van der Waals surface area contributed by atoms with Crippen LogP contribution in [-0.2, 0) is 11.3 Å². The minimum atomic E-state index is -0.591. The lowest BCUT2D eigenvalue weighted by atomic mass is 10.1. The molecule has 6 nitrogen and oxygen atoms in total. The number of ether oxygens (including phenoxy) is 3. The molecule has 0 aliphatic heterocycles. The van der Waals surface area contributed by atoms with E-state index >= 15 is 0 Å². The Kier molecular flexibility index (Phi) is 6.01. The van der Waals surface area contributed by atoms with E-state index in [0.29, 0.717) is 22.9 Å². The molecule has 7 heteroatoms. The Morgan fingerprint density at radius 1 is 1.07 bits per heavy atom. The first kappa shape index (κ1) is 19.5. The van der Waals surface area contributed by atoms with Crippen LogP contribution < -0.4 is 9.47 Å². The Bertz CT molecular complexity index is 989. The minimum Gasteiger partial charge on any atom is -0.506 e. The third-order valence-corrected chi connectivity index (χ3v) is 4.34. The molecule has 0 fully saturated rings. The van der Waals surface area contributed by atoms with E-state index in [4.69, 9.17) is 21.1 Å². The predicted molar refractivity (Wildman–Crippen MR) is 105 cm³/mol. The van der Waals surface area contributed by atoms with Gasteiger partial charge in [-0.15, -0.1) is 0 Å². The van der Waals surface area contributed by atoms with Gasteiger partial charge < -0.3 is 19.3 Å². The Labute approximate surface area is 167 Å². The van der Waals surface area contributed by atoms with Gasteiger partial charge in [-0.1, -0.05) is 29.8 Å². The van der Waals surface area contributed by atoms with Crippen molar-refractivity contribution in [2.75, 3.05) is 14.2 Å². The molecule has 3 rings (SSSR count). The fourth-order valence-electron chi connectivity index (χ4n) is 2.53. The molecule has 0 unspecified atom stereocenters. The van der Waals surface area contributed by atoms with Gasteiger partial charge in [-0.05, 0) is 42.0 Å². The number of carbonyl (C=O) groups is 1. The fraction of sp³-hybridized carbons (Fsp3) is 0.143. The number of aromatic hydroxyl groups is 1. The van der Waals surface area contributed by atoms with E-state index in [1.165, 1.54) is 19.2 Å². The lowest BCUT2D eigenvalue weighted by Gasteiger charge is -2.11. The molecule has 0 radical (unpaired) electrons. The number of aromatic nitrogens is 1. The second-order valence-corrected chi connectivity index (χ2v) is 6.24. The summed E-state index contributed by atoms with van der Waals surface area (Å²) in [7, 11) is 2.87. The molecule has 1 aromatic heterocycles. The van der Waals surface area contributed by atoms with Crippen molar-refractivity contribution in [3.8, 4) is 28.5 Å². The highest BCUT2D eigenvalue weighted by molar-refractivity contribution is 6.32. The Morgan fingerprint density at radius 2 is 1.82 bits per heavy atom. The average Bonchev–Trinajstić information content (AvgIpc) is 2.73. The molecular formula is C21H18ClNO5. The van der Waals surface area contributed by atoms with E-state index in [1.807, 2.05) is 24.3 Å². The van der Waals surface area contributed by atoms with Crippen molar-refractivity contribution in [1.29, 1.82) is 0 Å². The van der Waals surface area contributed by atoms with Crippen LogP contribution in [0.1, 0.15) is 16.1 Å². The lowest BCUT2D eigenvalue weighted by Crippen LogP contribution is -2.04. The first-order valence-electron chi connectivity index (χ1n) is 8.36. The fourth-order valence-corrected chi connectivity index (χ4v) is 2.70. The highest BCUT2D eigenvalue weighted by Gasteiger charge is 2.14. The minimum absolute atomic E-state index is 0.0731. The smallest absolute Gasteiger partial charge is 0.356 e. The summed E-state index contributed by atoms with van der Waals surface area (Å²) in [6, 6.07) is 15.2. The average molecular weight is 400 g/mol. The summed E-state index contributed by atoms with van der Waals surface area (Å²) in [5.74, 6) is 0.526. The number of hydrogen-bond donors (Lipinski definition) is 1. The maximum atomic E-state index is 11.7. The molecule has 2 aromatic carbocycles. The molecule has 3 aromatic rings. The second-order valence-electron chi connectivity index (χ2n) is 5.84. The maximum Gasteiger partial charge on any atom is 0.356 e. The van der Waals surface area contributed by atoms with Crippen molar-refractivity contribution < 1.29 is 24.1 Å². The highest BCUT2D eigenvalue weighted by Crippen LogP contribution is 2.34. The molecule has 0 spiro atoms. The molecule has 0 atom stereocenters. The topological polar surface area (TPSA) is 77.9 Å². The molecule has 1 heterocycles. The second kappa shape index (κ2) is 8.63. The third kappa shape index (κ3) is 4.35. The van der Waals surface area contributed by atoms with Gasteiger partial charge in [-0.3, -0.25) is 0 Å². The first-order chi connectivity index (χ1) is 13.5. The first-order valence-corrected chi connectivity index (χ1v) is 8.73. The van der Waals surface area contributed by atoms with Crippen LogP contribution in [0.15, 0.2) is 54.6 Å². The van der Waals surface area contributed by atoms with Gasteiger partial charge in [0.1, 0.15) is 35.2 Å². The molecule has 1 N–H and O–H groups in total. The van der Waals surface area contributed by atoms with Crippen LogP contribution in [0.5, 0.6) is 17.2 Å². The number of pyridine rings is 1. The summed E-state index contributed by atoms with van der Waals surface area (Å²) >= 11 is 6.24. The number of nitrogens with zero attached hydrogens (tertiary/aromatic N) is 1.